The van der Waals surface area contributed by atoms with Crippen molar-refractivity contribution in [3.8, 4) is 0 Å². The number of nitrogens with zero attached hydrogens (tertiary/aromatic N) is 2. The summed E-state index contributed by atoms with van der Waals surface area (Å²) in [5.41, 5.74) is 2.15. The van der Waals surface area contributed by atoms with Gasteiger partial charge in [0.1, 0.15) is 0 Å². The third kappa shape index (κ3) is 3.99. The Kier molecular flexibility index (Phi) is 6.43. The van der Waals surface area contributed by atoms with Crippen molar-refractivity contribution in [2.75, 3.05) is 37.6 Å². The molecule has 3 fully saturated rings. The molecule has 5 nitrogen and oxygen atoms in total. The molecule has 148 valence electrons. The molecule has 0 radical (unpaired) electrons. The van der Waals surface area contributed by atoms with E-state index in [1.165, 1.54) is 5.56 Å². The van der Waals surface area contributed by atoms with E-state index >= 15 is 0 Å². The number of rotatable bonds is 3. The Bertz CT molecular complexity index is 682. The van der Waals surface area contributed by atoms with Crippen LogP contribution in [0.25, 0.3) is 0 Å². The number of halogens is 1. The van der Waals surface area contributed by atoms with Crippen molar-refractivity contribution in [1.82, 2.24) is 10.2 Å². The van der Waals surface area contributed by atoms with E-state index in [1.54, 1.807) is 0 Å². The van der Waals surface area contributed by atoms with Crippen LogP contribution in [-0.4, -0.2) is 49.4 Å². The SMILES string of the molecule is CCc1ccccc1N1CC(C(=O)N2CC[C@@H]3CNC[C@@H]3CC2)CC1=O.Cl. The maximum Gasteiger partial charge on any atom is 0.228 e. The van der Waals surface area contributed by atoms with E-state index in [1.807, 2.05) is 28.0 Å². The van der Waals surface area contributed by atoms with Gasteiger partial charge in [-0.3, -0.25) is 9.59 Å². The van der Waals surface area contributed by atoms with E-state index in [0.717, 1.165) is 51.1 Å². The number of para-hydroxylation sites is 1. The normalized spacial score (nSPS) is 27.9. The Hall–Kier alpha value is -1.59. The molecule has 1 N–H and O–H groups in total. The number of anilines is 1. The Morgan fingerprint density at radius 2 is 1.81 bits per heavy atom. The van der Waals surface area contributed by atoms with Crippen LogP contribution in [0.3, 0.4) is 0 Å². The van der Waals surface area contributed by atoms with Crippen LogP contribution in [0.2, 0.25) is 0 Å². The Morgan fingerprint density at radius 1 is 1.15 bits per heavy atom. The molecule has 0 aromatic heterocycles. The van der Waals surface area contributed by atoms with Crippen LogP contribution < -0.4 is 10.2 Å². The Labute approximate surface area is 167 Å². The fourth-order valence-corrected chi connectivity index (χ4v) is 4.88. The molecule has 6 heteroatoms. The topological polar surface area (TPSA) is 52.7 Å². The zero-order chi connectivity index (χ0) is 18.1. The van der Waals surface area contributed by atoms with Crippen molar-refractivity contribution < 1.29 is 9.59 Å². The van der Waals surface area contributed by atoms with Crippen molar-refractivity contribution in [3.05, 3.63) is 29.8 Å². The average Bonchev–Trinajstić information content (AvgIpc) is 3.22. The van der Waals surface area contributed by atoms with Crippen LogP contribution in [0.4, 0.5) is 5.69 Å². The summed E-state index contributed by atoms with van der Waals surface area (Å²) >= 11 is 0. The summed E-state index contributed by atoms with van der Waals surface area (Å²) in [4.78, 5) is 29.6. The Morgan fingerprint density at radius 3 is 2.48 bits per heavy atom. The smallest absolute Gasteiger partial charge is 0.228 e. The van der Waals surface area contributed by atoms with Crippen LogP contribution in [0, 0.1) is 17.8 Å². The molecule has 0 saturated carbocycles. The molecular weight excluding hydrogens is 362 g/mol. The largest absolute Gasteiger partial charge is 0.342 e. The number of hydrogen-bond acceptors (Lipinski definition) is 3. The van der Waals surface area contributed by atoms with Gasteiger partial charge in [-0.15, -0.1) is 12.4 Å². The molecule has 1 aromatic carbocycles. The van der Waals surface area contributed by atoms with Gasteiger partial charge in [-0.25, -0.2) is 0 Å². The highest BCUT2D eigenvalue weighted by molar-refractivity contribution is 6.00. The number of benzene rings is 1. The zero-order valence-electron chi connectivity index (χ0n) is 16.0. The zero-order valence-corrected chi connectivity index (χ0v) is 16.8. The number of likely N-dealkylation sites (tertiary alicyclic amines) is 1. The molecule has 27 heavy (non-hydrogen) atoms. The van der Waals surface area contributed by atoms with Crippen LogP contribution >= 0.6 is 12.4 Å². The van der Waals surface area contributed by atoms with Gasteiger partial charge in [0.2, 0.25) is 11.8 Å². The molecule has 3 saturated heterocycles. The molecular formula is C21H30ClN3O2. The maximum atomic E-state index is 13.1. The molecule has 0 bridgehead atoms. The van der Waals surface area contributed by atoms with Crippen molar-refractivity contribution in [2.45, 2.75) is 32.6 Å². The van der Waals surface area contributed by atoms with Gasteiger partial charge >= 0.3 is 0 Å². The molecule has 2 amide bonds. The van der Waals surface area contributed by atoms with E-state index in [9.17, 15) is 9.59 Å². The molecule has 0 spiro atoms. The summed E-state index contributed by atoms with van der Waals surface area (Å²) in [6, 6.07) is 8.05. The molecule has 1 unspecified atom stereocenters. The summed E-state index contributed by atoms with van der Waals surface area (Å²) in [6.07, 6.45) is 3.42. The number of nitrogens with one attached hydrogen (secondary N) is 1. The number of fused-ring (bicyclic) bond motifs is 1. The predicted octanol–water partition coefficient (Wildman–Crippen LogP) is 2.48. The Balaban J connectivity index is 0.00000210. The van der Waals surface area contributed by atoms with E-state index in [-0.39, 0.29) is 30.1 Å². The molecule has 3 atom stereocenters. The molecule has 4 rings (SSSR count). The predicted molar refractivity (Wildman–Crippen MR) is 109 cm³/mol. The quantitative estimate of drug-likeness (QED) is 0.861. The summed E-state index contributed by atoms with van der Waals surface area (Å²) in [6.45, 7) is 6.51. The highest BCUT2D eigenvalue weighted by atomic mass is 35.5. The monoisotopic (exact) mass is 391 g/mol. The molecule has 3 aliphatic rings. The third-order valence-corrected chi connectivity index (χ3v) is 6.47. The van der Waals surface area contributed by atoms with Crippen LogP contribution in [-0.2, 0) is 16.0 Å². The number of aryl methyl sites for hydroxylation is 1. The minimum Gasteiger partial charge on any atom is -0.342 e. The van der Waals surface area contributed by atoms with Gasteiger partial charge < -0.3 is 15.1 Å². The van der Waals surface area contributed by atoms with Gasteiger partial charge in [0.05, 0.1) is 5.92 Å². The van der Waals surface area contributed by atoms with Gasteiger partial charge in [0.15, 0.2) is 0 Å². The summed E-state index contributed by atoms with van der Waals surface area (Å²) < 4.78 is 0. The summed E-state index contributed by atoms with van der Waals surface area (Å²) in [5, 5.41) is 3.48. The standard InChI is InChI=1S/C21H29N3O2.ClH/c1-2-15-5-3-4-6-19(15)24-14-18(11-20(24)25)21(26)23-9-7-16-12-22-13-17(16)8-10-23;/h3-6,16-18,22H,2,7-14H2,1H3;1H/t16-,17+,18?;. The van der Waals surface area contributed by atoms with Crippen molar-refractivity contribution in [2.24, 2.45) is 17.8 Å². The summed E-state index contributed by atoms with van der Waals surface area (Å²) in [7, 11) is 0. The number of amides is 2. The van der Waals surface area contributed by atoms with Gasteiger partial charge in [-0.2, -0.15) is 0 Å². The lowest BCUT2D eigenvalue weighted by Crippen LogP contribution is -2.38. The number of hydrogen-bond donors (Lipinski definition) is 1. The second-order valence-electron chi connectivity index (χ2n) is 7.97. The molecule has 3 heterocycles. The van der Waals surface area contributed by atoms with Crippen molar-refractivity contribution >= 4 is 29.9 Å². The van der Waals surface area contributed by atoms with Gasteiger partial charge in [0, 0.05) is 31.7 Å². The lowest BCUT2D eigenvalue weighted by atomic mass is 9.92. The van der Waals surface area contributed by atoms with Crippen molar-refractivity contribution in [3.63, 3.8) is 0 Å². The highest BCUT2D eigenvalue weighted by Gasteiger charge is 2.39. The molecule has 0 aliphatic carbocycles. The first-order valence-corrected chi connectivity index (χ1v) is 10.0. The molecule has 1 aromatic rings. The average molecular weight is 392 g/mol. The van der Waals surface area contributed by atoms with Crippen LogP contribution in [0.5, 0.6) is 0 Å². The van der Waals surface area contributed by atoms with Crippen molar-refractivity contribution in [1.29, 1.82) is 0 Å². The van der Waals surface area contributed by atoms with Crippen LogP contribution in [0.15, 0.2) is 24.3 Å². The first-order chi connectivity index (χ1) is 12.7. The van der Waals surface area contributed by atoms with Gasteiger partial charge in [-0.05, 0) is 55.8 Å². The lowest BCUT2D eigenvalue weighted by molar-refractivity contribution is -0.135. The molecule has 3 aliphatic heterocycles. The van der Waals surface area contributed by atoms with E-state index in [4.69, 9.17) is 0 Å². The number of carbonyl (C=O) groups is 2. The fraction of sp³-hybridized carbons (Fsp3) is 0.619. The number of carbonyl (C=O) groups excluding carboxylic acids is 2. The van der Waals surface area contributed by atoms with Gasteiger partial charge in [-0.1, -0.05) is 25.1 Å². The third-order valence-electron chi connectivity index (χ3n) is 6.47. The summed E-state index contributed by atoms with van der Waals surface area (Å²) in [5.74, 6) is 1.50. The minimum atomic E-state index is -0.191. The van der Waals surface area contributed by atoms with Crippen LogP contribution in [0.1, 0.15) is 31.7 Å². The van der Waals surface area contributed by atoms with Gasteiger partial charge in [0.25, 0.3) is 0 Å². The van der Waals surface area contributed by atoms with E-state index in [2.05, 4.69) is 18.3 Å². The van der Waals surface area contributed by atoms with E-state index < -0.39 is 0 Å². The minimum absolute atomic E-state index is 0. The first kappa shape index (κ1) is 20.2. The second kappa shape index (κ2) is 8.61. The second-order valence-corrected chi connectivity index (χ2v) is 7.97. The first-order valence-electron chi connectivity index (χ1n) is 10.0. The van der Waals surface area contributed by atoms with E-state index in [0.29, 0.717) is 24.8 Å². The maximum absolute atomic E-state index is 13.1. The fourth-order valence-electron chi connectivity index (χ4n) is 4.88. The highest BCUT2D eigenvalue weighted by Crippen LogP contribution is 2.31. The lowest BCUT2D eigenvalue weighted by Gasteiger charge is -2.25.